The van der Waals surface area contributed by atoms with Crippen LogP contribution in [0.2, 0.25) is 10.0 Å². The van der Waals surface area contributed by atoms with Gasteiger partial charge in [0.25, 0.3) is 5.56 Å². The molecule has 2 N–H and O–H groups in total. The van der Waals surface area contributed by atoms with Crippen molar-refractivity contribution in [1.29, 1.82) is 0 Å². The number of H-pyrrole nitrogens is 1. The summed E-state index contributed by atoms with van der Waals surface area (Å²) in [5, 5.41) is 4.39. The summed E-state index contributed by atoms with van der Waals surface area (Å²) >= 11 is 12.3. The fourth-order valence-corrected chi connectivity index (χ4v) is 3.59. The minimum atomic E-state index is -0.506. The van der Waals surface area contributed by atoms with Gasteiger partial charge in [-0.3, -0.25) is 14.7 Å². The van der Waals surface area contributed by atoms with Crippen LogP contribution in [0, 0.1) is 0 Å². The third-order valence-electron chi connectivity index (χ3n) is 4.48. The molecule has 27 heavy (non-hydrogen) atoms. The molecule has 138 valence electrons. The van der Waals surface area contributed by atoms with Crippen LogP contribution in [0.25, 0.3) is 5.69 Å². The Bertz CT molecular complexity index is 1120. The van der Waals surface area contributed by atoms with Gasteiger partial charge in [0.1, 0.15) is 5.82 Å². The van der Waals surface area contributed by atoms with Gasteiger partial charge in [-0.05, 0) is 29.8 Å². The zero-order chi connectivity index (χ0) is 19.0. The Kier molecular flexibility index (Phi) is 4.78. The lowest BCUT2D eigenvalue weighted by Crippen LogP contribution is -2.42. The predicted molar refractivity (Wildman–Crippen MR) is 107 cm³/mol. The molecule has 6 nitrogen and oxygen atoms in total. The number of hydrogen-bond donors (Lipinski definition) is 2. The molecule has 2 heterocycles. The highest BCUT2D eigenvalue weighted by Crippen LogP contribution is 2.24. The molecule has 4 rings (SSSR count). The van der Waals surface area contributed by atoms with E-state index in [1.165, 1.54) is 4.57 Å². The van der Waals surface area contributed by atoms with Gasteiger partial charge >= 0.3 is 5.69 Å². The SMILES string of the molecule is O=c1[nH]c(=O)n(-c2cccc(Cl)c2)c2c1CN(Cc1ccccc1Cl)CN2. The molecule has 8 heteroatoms. The van der Waals surface area contributed by atoms with Crippen molar-refractivity contribution in [2.24, 2.45) is 0 Å². The predicted octanol–water partition coefficient (Wildman–Crippen LogP) is 3.22. The highest BCUT2D eigenvalue weighted by atomic mass is 35.5. The van der Waals surface area contributed by atoms with E-state index >= 15 is 0 Å². The molecule has 0 saturated carbocycles. The molecule has 1 aromatic heterocycles. The molecular formula is C19H16Cl2N4O2. The van der Waals surface area contributed by atoms with Crippen molar-refractivity contribution in [3.8, 4) is 5.69 Å². The number of benzene rings is 2. The molecule has 0 aliphatic carbocycles. The minimum Gasteiger partial charge on any atom is -0.358 e. The summed E-state index contributed by atoms with van der Waals surface area (Å²) in [6.07, 6.45) is 0. The average Bonchev–Trinajstić information content (AvgIpc) is 2.64. The Morgan fingerprint density at radius 1 is 1.04 bits per heavy atom. The average molecular weight is 403 g/mol. The molecule has 1 aliphatic rings. The van der Waals surface area contributed by atoms with Gasteiger partial charge in [0.2, 0.25) is 0 Å². The molecule has 0 amide bonds. The van der Waals surface area contributed by atoms with E-state index in [0.717, 1.165) is 5.56 Å². The van der Waals surface area contributed by atoms with E-state index in [9.17, 15) is 9.59 Å². The number of nitrogens with zero attached hydrogens (tertiary/aromatic N) is 2. The summed E-state index contributed by atoms with van der Waals surface area (Å²) in [5.41, 5.74) is 1.15. The quantitative estimate of drug-likeness (QED) is 0.705. The molecule has 0 atom stereocenters. The first-order valence-electron chi connectivity index (χ1n) is 8.37. The molecule has 0 saturated heterocycles. The van der Waals surface area contributed by atoms with Crippen LogP contribution in [0.1, 0.15) is 11.1 Å². The lowest BCUT2D eigenvalue weighted by molar-refractivity contribution is 0.263. The van der Waals surface area contributed by atoms with Crippen molar-refractivity contribution >= 4 is 29.0 Å². The van der Waals surface area contributed by atoms with Gasteiger partial charge in [-0.2, -0.15) is 0 Å². The largest absolute Gasteiger partial charge is 0.358 e. The minimum absolute atomic E-state index is 0.393. The number of aromatic nitrogens is 2. The van der Waals surface area contributed by atoms with Gasteiger partial charge < -0.3 is 5.32 Å². The molecule has 0 unspecified atom stereocenters. The monoisotopic (exact) mass is 402 g/mol. The topological polar surface area (TPSA) is 70.1 Å². The number of hydrogen-bond acceptors (Lipinski definition) is 4. The van der Waals surface area contributed by atoms with E-state index in [2.05, 4.69) is 10.3 Å². The van der Waals surface area contributed by atoms with Gasteiger partial charge in [0.05, 0.1) is 17.9 Å². The van der Waals surface area contributed by atoms with Gasteiger partial charge in [0.15, 0.2) is 0 Å². The number of halogens is 2. The molecule has 3 aromatic rings. The van der Waals surface area contributed by atoms with Crippen LogP contribution < -0.4 is 16.6 Å². The Morgan fingerprint density at radius 3 is 2.63 bits per heavy atom. The summed E-state index contributed by atoms with van der Waals surface area (Å²) in [6.45, 7) is 1.45. The highest BCUT2D eigenvalue weighted by Gasteiger charge is 2.24. The fourth-order valence-electron chi connectivity index (χ4n) is 3.21. The van der Waals surface area contributed by atoms with E-state index in [1.54, 1.807) is 24.3 Å². The molecule has 0 radical (unpaired) electrons. The lowest BCUT2D eigenvalue weighted by Gasteiger charge is -2.31. The molecular weight excluding hydrogens is 387 g/mol. The van der Waals surface area contributed by atoms with Crippen molar-refractivity contribution in [3.63, 3.8) is 0 Å². The number of rotatable bonds is 3. The van der Waals surface area contributed by atoms with Crippen LogP contribution in [0.4, 0.5) is 5.82 Å². The van der Waals surface area contributed by atoms with Gasteiger partial charge in [0, 0.05) is 23.1 Å². The van der Waals surface area contributed by atoms with Crippen LogP contribution in [0.15, 0.2) is 58.1 Å². The van der Waals surface area contributed by atoms with E-state index in [1.807, 2.05) is 29.2 Å². The summed E-state index contributed by atoms with van der Waals surface area (Å²) in [7, 11) is 0. The summed E-state index contributed by atoms with van der Waals surface area (Å²) < 4.78 is 1.44. The van der Waals surface area contributed by atoms with Crippen LogP contribution in [-0.4, -0.2) is 21.1 Å². The Morgan fingerprint density at radius 2 is 1.85 bits per heavy atom. The standard InChI is InChI=1S/C19H16Cl2N4O2/c20-13-5-3-6-14(8-13)25-17-15(18(26)23-19(25)27)10-24(11-22-17)9-12-4-1-2-7-16(12)21/h1-8,22H,9-11H2,(H,23,26,27). The summed E-state index contributed by atoms with van der Waals surface area (Å²) in [6, 6.07) is 14.5. The third kappa shape index (κ3) is 3.51. The number of nitrogens with one attached hydrogen (secondary N) is 2. The van der Waals surface area contributed by atoms with E-state index < -0.39 is 11.2 Å². The second-order valence-electron chi connectivity index (χ2n) is 6.32. The zero-order valence-electron chi connectivity index (χ0n) is 14.2. The van der Waals surface area contributed by atoms with Crippen molar-refractivity contribution in [1.82, 2.24) is 14.5 Å². The van der Waals surface area contributed by atoms with Gasteiger partial charge in [-0.15, -0.1) is 0 Å². The van der Waals surface area contributed by atoms with Crippen molar-refractivity contribution in [3.05, 3.63) is 90.5 Å². The van der Waals surface area contributed by atoms with Crippen molar-refractivity contribution in [2.75, 3.05) is 12.0 Å². The number of anilines is 1. The first-order valence-corrected chi connectivity index (χ1v) is 9.12. The number of fused-ring (bicyclic) bond motifs is 1. The van der Waals surface area contributed by atoms with Crippen LogP contribution >= 0.6 is 23.2 Å². The molecule has 0 spiro atoms. The maximum absolute atomic E-state index is 12.4. The zero-order valence-corrected chi connectivity index (χ0v) is 15.7. The highest BCUT2D eigenvalue weighted by molar-refractivity contribution is 6.31. The maximum atomic E-state index is 12.4. The fraction of sp³-hybridized carbons (Fsp3) is 0.158. The summed E-state index contributed by atoms with van der Waals surface area (Å²) in [4.78, 5) is 29.3. The van der Waals surface area contributed by atoms with E-state index in [4.69, 9.17) is 23.2 Å². The number of aromatic amines is 1. The van der Waals surface area contributed by atoms with Crippen molar-refractivity contribution < 1.29 is 0 Å². The second kappa shape index (κ2) is 7.23. The summed E-state index contributed by atoms with van der Waals surface area (Å²) in [5.74, 6) is 0.487. The third-order valence-corrected chi connectivity index (χ3v) is 5.08. The Labute approximate surface area is 165 Å². The van der Waals surface area contributed by atoms with E-state index in [-0.39, 0.29) is 0 Å². The Hall–Kier alpha value is -2.54. The smallest absolute Gasteiger partial charge is 0.334 e. The van der Waals surface area contributed by atoms with Gasteiger partial charge in [-0.1, -0.05) is 47.5 Å². The van der Waals surface area contributed by atoms with E-state index in [0.29, 0.717) is 46.9 Å². The normalized spacial score (nSPS) is 13.9. The van der Waals surface area contributed by atoms with Crippen molar-refractivity contribution in [2.45, 2.75) is 13.1 Å². The molecule has 0 fully saturated rings. The Balaban J connectivity index is 1.72. The van der Waals surface area contributed by atoms with Crippen LogP contribution in [0.3, 0.4) is 0 Å². The first kappa shape index (κ1) is 17.9. The maximum Gasteiger partial charge on any atom is 0.334 e. The lowest BCUT2D eigenvalue weighted by atomic mass is 10.1. The molecule has 0 bridgehead atoms. The second-order valence-corrected chi connectivity index (χ2v) is 7.16. The molecule has 1 aliphatic heterocycles. The van der Waals surface area contributed by atoms with Crippen LogP contribution in [0.5, 0.6) is 0 Å². The van der Waals surface area contributed by atoms with Crippen LogP contribution in [-0.2, 0) is 13.1 Å². The molecule has 2 aromatic carbocycles. The van der Waals surface area contributed by atoms with Gasteiger partial charge in [-0.25, -0.2) is 9.36 Å². The first-order chi connectivity index (χ1) is 13.0.